The third kappa shape index (κ3) is 4.91. The van der Waals surface area contributed by atoms with E-state index in [1.807, 2.05) is 4.90 Å². The van der Waals surface area contributed by atoms with Gasteiger partial charge < -0.3 is 24.4 Å². The number of ether oxygens (including phenoxy) is 1. The van der Waals surface area contributed by atoms with Gasteiger partial charge in [0.25, 0.3) is 5.91 Å². The van der Waals surface area contributed by atoms with Crippen molar-refractivity contribution in [2.24, 2.45) is 18.9 Å². The van der Waals surface area contributed by atoms with Crippen LogP contribution in [0.3, 0.4) is 0 Å². The number of carbonyl (C=O) groups excluding carboxylic acids is 2. The summed E-state index contributed by atoms with van der Waals surface area (Å²) in [4.78, 5) is 33.1. The fraction of sp³-hybridized carbons (Fsp3) is 0.750. The van der Waals surface area contributed by atoms with Crippen molar-refractivity contribution in [3.63, 3.8) is 0 Å². The Bertz CT molecular complexity index is 694. The molecule has 0 bridgehead atoms. The number of imidazole rings is 1. The third-order valence-electron chi connectivity index (χ3n) is 6.13. The number of rotatable bonds is 7. The Morgan fingerprint density at radius 2 is 1.96 bits per heavy atom. The number of likely N-dealkylation sites (tertiary alicyclic amines) is 1. The molecule has 1 aromatic heterocycles. The van der Waals surface area contributed by atoms with Crippen molar-refractivity contribution in [2.45, 2.75) is 31.8 Å². The van der Waals surface area contributed by atoms with Crippen LogP contribution in [0.25, 0.3) is 0 Å². The second-order valence-electron chi connectivity index (χ2n) is 8.49. The smallest absolute Gasteiger partial charge is 0.287 e. The topological polar surface area (TPSA) is 79.7 Å². The van der Waals surface area contributed by atoms with Gasteiger partial charge in [0, 0.05) is 45.6 Å². The summed E-state index contributed by atoms with van der Waals surface area (Å²) in [6, 6.07) is 0. The summed E-state index contributed by atoms with van der Waals surface area (Å²) < 4.78 is 7.32. The molecule has 1 aromatic rings. The highest BCUT2D eigenvalue weighted by atomic mass is 16.5. The Morgan fingerprint density at radius 3 is 2.64 bits per heavy atom. The molecule has 2 saturated heterocycles. The summed E-state index contributed by atoms with van der Waals surface area (Å²) in [6.45, 7) is 5.41. The van der Waals surface area contributed by atoms with Crippen LogP contribution < -0.4 is 5.32 Å². The molecule has 8 nitrogen and oxygen atoms in total. The van der Waals surface area contributed by atoms with Crippen LogP contribution in [0.15, 0.2) is 12.4 Å². The number of carbonyl (C=O) groups is 2. The molecule has 3 aliphatic rings. The molecule has 28 heavy (non-hydrogen) atoms. The minimum atomic E-state index is -0.220. The Labute approximate surface area is 166 Å². The van der Waals surface area contributed by atoms with E-state index in [-0.39, 0.29) is 24.5 Å². The van der Waals surface area contributed by atoms with Crippen LogP contribution in [0, 0.1) is 11.8 Å². The second kappa shape index (κ2) is 8.61. The van der Waals surface area contributed by atoms with E-state index >= 15 is 0 Å². The fourth-order valence-corrected chi connectivity index (χ4v) is 4.18. The van der Waals surface area contributed by atoms with Gasteiger partial charge in [0.1, 0.15) is 6.61 Å². The van der Waals surface area contributed by atoms with Crippen LogP contribution in [0.1, 0.15) is 36.3 Å². The summed E-state index contributed by atoms with van der Waals surface area (Å²) in [6.07, 6.45) is 8.30. The van der Waals surface area contributed by atoms with Crippen molar-refractivity contribution >= 4 is 11.8 Å². The monoisotopic (exact) mass is 389 g/mol. The Hall–Kier alpha value is -1.93. The van der Waals surface area contributed by atoms with Gasteiger partial charge in [-0.15, -0.1) is 0 Å². The van der Waals surface area contributed by atoms with Gasteiger partial charge in [0.2, 0.25) is 5.91 Å². The lowest BCUT2D eigenvalue weighted by molar-refractivity contribution is -0.149. The summed E-state index contributed by atoms with van der Waals surface area (Å²) in [7, 11) is 1.79. The zero-order chi connectivity index (χ0) is 19.5. The van der Waals surface area contributed by atoms with Gasteiger partial charge in [0.05, 0.1) is 6.10 Å². The number of nitrogens with zero attached hydrogens (tertiary/aromatic N) is 4. The Morgan fingerprint density at radius 1 is 1.21 bits per heavy atom. The molecule has 1 unspecified atom stereocenters. The van der Waals surface area contributed by atoms with Gasteiger partial charge >= 0.3 is 0 Å². The number of morpholine rings is 1. The zero-order valence-electron chi connectivity index (χ0n) is 16.7. The average molecular weight is 390 g/mol. The van der Waals surface area contributed by atoms with Gasteiger partial charge in [-0.05, 0) is 50.6 Å². The number of hydrogen-bond acceptors (Lipinski definition) is 5. The van der Waals surface area contributed by atoms with Crippen molar-refractivity contribution in [2.75, 3.05) is 45.9 Å². The minimum absolute atomic E-state index is 0.0621. The van der Waals surface area contributed by atoms with E-state index in [0.717, 1.165) is 38.4 Å². The maximum absolute atomic E-state index is 12.3. The van der Waals surface area contributed by atoms with Gasteiger partial charge in [-0.2, -0.15) is 0 Å². The molecular weight excluding hydrogens is 358 g/mol. The summed E-state index contributed by atoms with van der Waals surface area (Å²) >= 11 is 0. The molecule has 3 heterocycles. The van der Waals surface area contributed by atoms with Gasteiger partial charge in [0.15, 0.2) is 5.82 Å². The van der Waals surface area contributed by atoms with E-state index in [1.54, 1.807) is 24.0 Å². The quantitative estimate of drug-likeness (QED) is 0.735. The van der Waals surface area contributed by atoms with Crippen LogP contribution >= 0.6 is 0 Å². The molecule has 1 saturated carbocycles. The predicted octanol–water partition coefficient (Wildman–Crippen LogP) is 0.499. The third-order valence-corrected chi connectivity index (χ3v) is 6.13. The largest absolute Gasteiger partial charge is 0.365 e. The molecule has 0 aromatic carbocycles. The lowest BCUT2D eigenvalue weighted by Gasteiger charge is -2.38. The number of hydrogen-bond donors (Lipinski definition) is 1. The molecule has 0 radical (unpaired) electrons. The molecule has 1 atom stereocenters. The number of nitrogens with one attached hydrogen (secondary N) is 1. The van der Waals surface area contributed by atoms with Crippen molar-refractivity contribution in [1.82, 2.24) is 24.7 Å². The Kier molecular flexibility index (Phi) is 5.96. The lowest BCUT2D eigenvalue weighted by Crippen LogP contribution is -2.52. The standard InChI is InChI=1S/C20H31N5O3/c1-23-9-6-21-19(23)20(27)22-10-17-13-25(18(26)14-28-17)12-16-4-7-24(8-5-16)11-15-2-3-15/h6,9,15-17H,2-5,7-8,10-14H2,1H3,(H,22,27). The summed E-state index contributed by atoms with van der Waals surface area (Å²) in [5.41, 5.74) is 0. The van der Waals surface area contributed by atoms with E-state index in [2.05, 4.69) is 15.2 Å². The van der Waals surface area contributed by atoms with E-state index in [9.17, 15) is 9.59 Å². The van der Waals surface area contributed by atoms with Gasteiger partial charge in [-0.25, -0.2) is 4.98 Å². The maximum atomic E-state index is 12.3. The highest BCUT2D eigenvalue weighted by molar-refractivity contribution is 5.90. The Balaban J connectivity index is 1.21. The normalized spacial score (nSPS) is 24.5. The lowest BCUT2D eigenvalue weighted by atomic mass is 9.95. The van der Waals surface area contributed by atoms with Crippen molar-refractivity contribution in [3.8, 4) is 0 Å². The van der Waals surface area contributed by atoms with Crippen molar-refractivity contribution in [3.05, 3.63) is 18.2 Å². The molecule has 2 aliphatic heterocycles. The predicted molar refractivity (Wildman–Crippen MR) is 104 cm³/mol. The number of amides is 2. The van der Waals surface area contributed by atoms with Crippen molar-refractivity contribution in [1.29, 1.82) is 0 Å². The second-order valence-corrected chi connectivity index (χ2v) is 8.49. The van der Waals surface area contributed by atoms with Crippen LogP contribution in [-0.4, -0.2) is 83.1 Å². The van der Waals surface area contributed by atoms with Gasteiger partial charge in [-0.1, -0.05) is 0 Å². The SMILES string of the molecule is Cn1ccnc1C(=O)NCC1CN(CC2CCN(CC3CC3)CC2)C(=O)CO1. The highest BCUT2D eigenvalue weighted by Gasteiger charge is 2.31. The van der Waals surface area contributed by atoms with Crippen LogP contribution in [0.2, 0.25) is 0 Å². The van der Waals surface area contributed by atoms with Crippen molar-refractivity contribution < 1.29 is 14.3 Å². The van der Waals surface area contributed by atoms with Crippen LogP contribution in [-0.2, 0) is 16.6 Å². The number of piperidine rings is 1. The fourth-order valence-electron chi connectivity index (χ4n) is 4.18. The first-order valence-corrected chi connectivity index (χ1v) is 10.5. The van der Waals surface area contributed by atoms with E-state index < -0.39 is 0 Å². The molecule has 1 aliphatic carbocycles. The zero-order valence-corrected chi connectivity index (χ0v) is 16.7. The number of aryl methyl sites for hydroxylation is 1. The molecular formula is C20H31N5O3. The molecule has 154 valence electrons. The molecule has 4 rings (SSSR count). The molecule has 0 spiro atoms. The first-order valence-electron chi connectivity index (χ1n) is 10.5. The molecule has 2 amide bonds. The average Bonchev–Trinajstić information content (AvgIpc) is 3.41. The first-order chi connectivity index (χ1) is 13.6. The molecule has 3 fully saturated rings. The van der Waals surface area contributed by atoms with E-state index in [0.29, 0.717) is 24.8 Å². The van der Waals surface area contributed by atoms with E-state index in [1.165, 1.54) is 19.4 Å². The minimum Gasteiger partial charge on any atom is -0.365 e. The first kappa shape index (κ1) is 19.4. The highest BCUT2D eigenvalue weighted by Crippen LogP contribution is 2.31. The van der Waals surface area contributed by atoms with Gasteiger partial charge in [-0.3, -0.25) is 9.59 Å². The molecule has 1 N–H and O–H groups in total. The number of aromatic nitrogens is 2. The van der Waals surface area contributed by atoms with Crippen LogP contribution in [0.4, 0.5) is 0 Å². The summed E-state index contributed by atoms with van der Waals surface area (Å²) in [5.74, 6) is 1.73. The maximum Gasteiger partial charge on any atom is 0.287 e. The molecule has 8 heteroatoms. The van der Waals surface area contributed by atoms with Crippen LogP contribution in [0.5, 0.6) is 0 Å². The summed E-state index contributed by atoms with van der Waals surface area (Å²) in [5, 5.41) is 2.87. The van der Waals surface area contributed by atoms with E-state index in [4.69, 9.17) is 4.74 Å².